The number of thioether (sulfide) groups is 1. The first-order valence-electron chi connectivity index (χ1n) is 11.3. The highest BCUT2D eigenvalue weighted by Crippen LogP contribution is 2.28. The summed E-state index contributed by atoms with van der Waals surface area (Å²) < 4.78 is 21.9. The van der Waals surface area contributed by atoms with Gasteiger partial charge in [-0.1, -0.05) is 30.8 Å². The molecule has 3 heterocycles. The third-order valence-corrected chi connectivity index (χ3v) is 6.83. The van der Waals surface area contributed by atoms with E-state index in [1.165, 1.54) is 22.7 Å². The van der Waals surface area contributed by atoms with E-state index >= 15 is 0 Å². The largest absolute Gasteiger partial charge is 0.467 e. The molecule has 1 saturated heterocycles. The lowest BCUT2D eigenvalue weighted by Gasteiger charge is -2.31. The van der Waals surface area contributed by atoms with Crippen molar-refractivity contribution in [3.05, 3.63) is 54.2 Å². The Bertz CT molecular complexity index is 1130. The van der Waals surface area contributed by atoms with E-state index in [0.29, 0.717) is 17.6 Å². The minimum atomic E-state index is -0.499. The van der Waals surface area contributed by atoms with Crippen LogP contribution >= 0.6 is 11.8 Å². The molecule has 2 aromatic heterocycles. The average molecular weight is 483 g/mol. The molecule has 34 heavy (non-hydrogen) atoms. The molecule has 0 aliphatic carbocycles. The van der Waals surface area contributed by atoms with Crippen LogP contribution in [0.3, 0.4) is 0 Å². The Balaban J connectivity index is 1.53. The van der Waals surface area contributed by atoms with Gasteiger partial charge < -0.3 is 14.2 Å². The number of amides is 1. The first-order chi connectivity index (χ1) is 16.6. The van der Waals surface area contributed by atoms with Gasteiger partial charge in [0.2, 0.25) is 11.9 Å². The summed E-state index contributed by atoms with van der Waals surface area (Å²) in [5, 5.41) is 18.4. The number of nitriles is 1. The van der Waals surface area contributed by atoms with Gasteiger partial charge in [0.05, 0.1) is 36.7 Å². The van der Waals surface area contributed by atoms with Crippen molar-refractivity contribution >= 4 is 29.3 Å². The number of hydrogen-bond donors (Lipinski definition) is 0. The fourth-order valence-corrected chi connectivity index (χ4v) is 4.75. The van der Waals surface area contributed by atoms with Crippen molar-refractivity contribution < 1.29 is 13.6 Å². The van der Waals surface area contributed by atoms with Crippen LogP contribution in [-0.4, -0.2) is 46.1 Å². The Labute approximate surface area is 202 Å². The number of piperidine rings is 1. The highest BCUT2D eigenvalue weighted by atomic mass is 32.2. The second kappa shape index (κ2) is 11.2. The van der Waals surface area contributed by atoms with Gasteiger partial charge in [-0.15, -0.1) is 10.2 Å². The highest BCUT2D eigenvalue weighted by Gasteiger charge is 2.25. The maximum Gasteiger partial charge on any atom is 0.237 e. The summed E-state index contributed by atoms with van der Waals surface area (Å²) in [5.41, 5.74) is 0.170. The molecule has 1 amide bonds. The molecule has 1 aliphatic heterocycles. The van der Waals surface area contributed by atoms with Gasteiger partial charge in [0, 0.05) is 19.6 Å². The SMILES string of the molecule is CC1CCN(c2nnc(SCC(=O)N(CCC#N)c3ccccc3F)n2Cc2ccco2)CC1. The van der Waals surface area contributed by atoms with E-state index in [4.69, 9.17) is 9.68 Å². The zero-order valence-electron chi connectivity index (χ0n) is 19.1. The van der Waals surface area contributed by atoms with Crippen LogP contribution in [0.25, 0.3) is 0 Å². The summed E-state index contributed by atoms with van der Waals surface area (Å²) in [5.74, 6) is 1.44. The third-order valence-electron chi connectivity index (χ3n) is 5.87. The number of carbonyl (C=O) groups excluding carboxylic acids is 1. The smallest absolute Gasteiger partial charge is 0.237 e. The zero-order chi connectivity index (χ0) is 23.9. The number of benzene rings is 1. The molecule has 0 spiro atoms. The van der Waals surface area contributed by atoms with E-state index in [1.54, 1.807) is 24.5 Å². The summed E-state index contributed by atoms with van der Waals surface area (Å²) in [6, 6.07) is 11.8. The molecule has 3 aromatic rings. The summed E-state index contributed by atoms with van der Waals surface area (Å²) in [4.78, 5) is 16.6. The normalized spacial score (nSPS) is 14.2. The van der Waals surface area contributed by atoms with E-state index < -0.39 is 5.82 Å². The minimum Gasteiger partial charge on any atom is -0.467 e. The lowest BCUT2D eigenvalue weighted by molar-refractivity contribution is -0.116. The molecule has 1 aliphatic rings. The van der Waals surface area contributed by atoms with Crippen LogP contribution in [0.2, 0.25) is 0 Å². The maximum absolute atomic E-state index is 14.4. The second-order valence-corrected chi connectivity index (χ2v) is 9.25. The van der Waals surface area contributed by atoms with Gasteiger partial charge in [0.15, 0.2) is 5.16 Å². The number of carbonyl (C=O) groups is 1. The molecule has 178 valence electrons. The van der Waals surface area contributed by atoms with Crippen LogP contribution in [0.4, 0.5) is 16.0 Å². The van der Waals surface area contributed by atoms with Gasteiger partial charge in [-0.3, -0.25) is 9.36 Å². The van der Waals surface area contributed by atoms with Crippen molar-refractivity contribution in [1.82, 2.24) is 14.8 Å². The van der Waals surface area contributed by atoms with Crippen LogP contribution in [-0.2, 0) is 11.3 Å². The number of aromatic nitrogens is 3. The van der Waals surface area contributed by atoms with Crippen LogP contribution in [0.5, 0.6) is 0 Å². The summed E-state index contributed by atoms with van der Waals surface area (Å²) in [6.45, 7) is 4.62. The molecule has 10 heteroatoms. The van der Waals surface area contributed by atoms with Crippen LogP contribution < -0.4 is 9.80 Å². The predicted octanol–water partition coefficient (Wildman–Crippen LogP) is 4.33. The molecule has 1 fully saturated rings. The maximum atomic E-state index is 14.4. The number of rotatable bonds is 9. The number of furan rings is 1. The first-order valence-corrected chi connectivity index (χ1v) is 12.3. The number of anilines is 2. The minimum absolute atomic E-state index is 0.0348. The van der Waals surface area contributed by atoms with Gasteiger partial charge in [-0.25, -0.2) is 4.39 Å². The monoisotopic (exact) mass is 482 g/mol. The van der Waals surface area contributed by atoms with Crippen LogP contribution in [0.1, 0.15) is 31.9 Å². The van der Waals surface area contributed by atoms with E-state index in [0.717, 1.165) is 37.6 Å². The molecule has 0 atom stereocenters. The van der Waals surface area contributed by atoms with Crippen molar-refractivity contribution in [2.24, 2.45) is 5.92 Å². The molecule has 0 N–H and O–H groups in total. The number of halogens is 1. The second-order valence-electron chi connectivity index (χ2n) is 8.31. The van der Waals surface area contributed by atoms with E-state index in [2.05, 4.69) is 22.0 Å². The molecule has 0 unspecified atom stereocenters. The Morgan fingerprint density at radius 3 is 2.76 bits per heavy atom. The third kappa shape index (κ3) is 5.59. The molecule has 8 nitrogen and oxygen atoms in total. The average Bonchev–Trinajstić information content (AvgIpc) is 3.50. The molecule has 1 aromatic carbocycles. The highest BCUT2D eigenvalue weighted by molar-refractivity contribution is 7.99. The topological polar surface area (TPSA) is 91.2 Å². The Hall–Kier alpha value is -3.32. The van der Waals surface area contributed by atoms with Crippen molar-refractivity contribution in [3.8, 4) is 6.07 Å². The quantitative estimate of drug-likeness (QED) is 0.419. The van der Waals surface area contributed by atoms with Gasteiger partial charge in [-0.2, -0.15) is 5.26 Å². The molecule has 0 radical (unpaired) electrons. The molecule has 4 rings (SSSR count). The lowest BCUT2D eigenvalue weighted by atomic mass is 10.00. The molecule has 0 bridgehead atoms. The summed E-state index contributed by atoms with van der Waals surface area (Å²) in [6.07, 6.45) is 3.91. The Morgan fingerprint density at radius 2 is 2.06 bits per heavy atom. The fourth-order valence-electron chi connectivity index (χ4n) is 3.94. The number of hydrogen-bond acceptors (Lipinski definition) is 7. The Kier molecular flexibility index (Phi) is 7.85. The van der Waals surface area contributed by atoms with Gasteiger partial charge in [-0.05, 0) is 43.0 Å². The lowest BCUT2D eigenvalue weighted by Crippen LogP contribution is -2.35. The van der Waals surface area contributed by atoms with Crippen molar-refractivity contribution in [1.29, 1.82) is 5.26 Å². The number of nitrogens with zero attached hydrogens (tertiary/aromatic N) is 6. The summed E-state index contributed by atoms with van der Waals surface area (Å²) in [7, 11) is 0. The standard InChI is InChI=1S/C24H27FN6O2S/c1-18-9-13-29(14-10-18)23-27-28-24(31(23)16-19-6-4-15-33-19)34-17-22(32)30(12-5-11-26)21-8-3-2-7-20(21)25/h2-4,6-8,15,18H,5,9-10,12-14,16-17H2,1H3. The zero-order valence-corrected chi connectivity index (χ0v) is 19.9. The van der Waals surface area contributed by atoms with E-state index in [-0.39, 0.29) is 30.3 Å². The fraction of sp³-hybridized carbons (Fsp3) is 0.417. The predicted molar refractivity (Wildman–Crippen MR) is 128 cm³/mol. The van der Waals surface area contributed by atoms with Crippen molar-refractivity contribution in [2.45, 2.75) is 37.9 Å². The molecular formula is C24H27FN6O2S. The van der Waals surface area contributed by atoms with Crippen LogP contribution in [0, 0.1) is 23.1 Å². The van der Waals surface area contributed by atoms with E-state index in [1.807, 2.05) is 22.8 Å². The number of para-hydroxylation sites is 1. The van der Waals surface area contributed by atoms with Gasteiger partial charge >= 0.3 is 0 Å². The van der Waals surface area contributed by atoms with Gasteiger partial charge in [0.1, 0.15) is 11.6 Å². The van der Waals surface area contributed by atoms with Crippen molar-refractivity contribution in [2.75, 3.05) is 35.2 Å². The first kappa shape index (κ1) is 23.8. The summed E-state index contributed by atoms with van der Waals surface area (Å²) >= 11 is 1.25. The Morgan fingerprint density at radius 1 is 1.26 bits per heavy atom. The van der Waals surface area contributed by atoms with Gasteiger partial charge in [0.25, 0.3) is 0 Å². The van der Waals surface area contributed by atoms with Crippen molar-refractivity contribution in [3.63, 3.8) is 0 Å². The van der Waals surface area contributed by atoms with E-state index in [9.17, 15) is 9.18 Å². The van der Waals surface area contributed by atoms with Crippen LogP contribution in [0.15, 0.2) is 52.2 Å². The molecular weight excluding hydrogens is 455 g/mol. The molecule has 0 saturated carbocycles.